The molecule has 0 fully saturated rings. The second-order valence-corrected chi connectivity index (χ2v) is 7.17. The summed E-state index contributed by atoms with van der Waals surface area (Å²) in [6, 6.07) is 13.1. The van der Waals surface area contributed by atoms with Crippen LogP contribution >= 0.6 is 0 Å². The lowest BCUT2D eigenvalue weighted by atomic mass is 10.1. The summed E-state index contributed by atoms with van der Waals surface area (Å²) in [5.41, 5.74) is 1.21. The molecule has 7 heteroatoms. The topological polar surface area (TPSA) is 81.7 Å². The molecule has 0 aromatic heterocycles. The molecular weight excluding hydrogens is 342 g/mol. The van der Waals surface area contributed by atoms with Gasteiger partial charge in [-0.3, -0.25) is 4.79 Å². The minimum Gasteiger partial charge on any atom is -0.496 e. The lowest BCUT2D eigenvalue weighted by Crippen LogP contribution is -2.29. The van der Waals surface area contributed by atoms with Crippen molar-refractivity contribution in [3.63, 3.8) is 0 Å². The van der Waals surface area contributed by atoms with E-state index in [4.69, 9.17) is 9.47 Å². The summed E-state index contributed by atoms with van der Waals surface area (Å²) >= 11 is 0. The van der Waals surface area contributed by atoms with Crippen molar-refractivity contribution in [3.05, 3.63) is 59.7 Å². The van der Waals surface area contributed by atoms with E-state index in [1.807, 2.05) is 18.2 Å². The molecule has 1 unspecified atom stereocenters. The number of Topliss-reactive ketones (excluding diaryl/α,β-unsaturated/α-hetero) is 1. The van der Waals surface area contributed by atoms with E-state index in [1.165, 1.54) is 38.3 Å². The molecule has 1 N–H and O–H groups in total. The first-order valence-electron chi connectivity index (χ1n) is 7.65. The smallest absolute Gasteiger partial charge is 0.240 e. The highest BCUT2D eigenvalue weighted by atomic mass is 32.2. The molecule has 0 heterocycles. The predicted molar refractivity (Wildman–Crippen MR) is 94.4 cm³/mol. The van der Waals surface area contributed by atoms with Crippen LogP contribution in [-0.4, -0.2) is 35.0 Å². The van der Waals surface area contributed by atoms with Gasteiger partial charge in [-0.05, 0) is 25.1 Å². The molecule has 2 rings (SSSR count). The Balaban J connectivity index is 2.15. The Labute approximate surface area is 147 Å². The quantitative estimate of drug-likeness (QED) is 0.729. The van der Waals surface area contributed by atoms with Crippen molar-refractivity contribution < 1.29 is 22.7 Å². The minimum absolute atomic E-state index is 0.0493. The van der Waals surface area contributed by atoms with Crippen LogP contribution in [0.4, 0.5) is 0 Å². The molecule has 6 nitrogen and oxygen atoms in total. The van der Waals surface area contributed by atoms with E-state index in [-0.39, 0.29) is 17.2 Å². The average Bonchev–Trinajstić information content (AvgIpc) is 2.62. The van der Waals surface area contributed by atoms with Crippen molar-refractivity contribution >= 4 is 15.8 Å². The molecule has 0 radical (unpaired) electrons. The standard InChI is InChI=1S/C18H21NO5S/c1-13(20)14-8-10-15(11-9-14)25(21,22)19-12-18(24-3)16-6-4-5-7-17(16)23-2/h4-11,18-19H,12H2,1-3H3. The monoisotopic (exact) mass is 363 g/mol. The van der Waals surface area contributed by atoms with Crippen LogP contribution in [0.1, 0.15) is 28.9 Å². The van der Waals surface area contributed by atoms with Gasteiger partial charge in [0.2, 0.25) is 10.0 Å². The average molecular weight is 363 g/mol. The van der Waals surface area contributed by atoms with E-state index in [0.29, 0.717) is 11.3 Å². The third-order valence-corrected chi connectivity index (χ3v) is 5.24. The third-order valence-electron chi connectivity index (χ3n) is 3.80. The molecule has 0 bridgehead atoms. The summed E-state index contributed by atoms with van der Waals surface area (Å²) < 4.78 is 38.1. The lowest BCUT2D eigenvalue weighted by Gasteiger charge is -2.19. The Morgan fingerprint density at radius 1 is 1.08 bits per heavy atom. The molecule has 0 spiro atoms. The highest BCUT2D eigenvalue weighted by Crippen LogP contribution is 2.26. The SMILES string of the molecule is COc1ccccc1C(CNS(=O)(=O)c1ccc(C(C)=O)cc1)OC. The normalized spacial score (nSPS) is 12.6. The molecule has 0 saturated carbocycles. The maximum Gasteiger partial charge on any atom is 0.240 e. The van der Waals surface area contributed by atoms with E-state index >= 15 is 0 Å². The van der Waals surface area contributed by atoms with Crippen LogP contribution in [0.3, 0.4) is 0 Å². The van der Waals surface area contributed by atoms with Crippen LogP contribution in [0, 0.1) is 0 Å². The minimum atomic E-state index is -3.72. The highest BCUT2D eigenvalue weighted by Gasteiger charge is 2.20. The molecule has 134 valence electrons. The van der Waals surface area contributed by atoms with Gasteiger partial charge in [-0.25, -0.2) is 13.1 Å². The fourth-order valence-corrected chi connectivity index (χ4v) is 3.42. The van der Waals surface area contributed by atoms with Crippen molar-refractivity contribution in [3.8, 4) is 5.75 Å². The molecule has 0 aliphatic heterocycles. The van der Waals surface area contributed by atoms with Gasteiger partial charge < -0.3 is 9.47 Å². The summed E-state index contributed by atoms with van der Waals surface area (Å²) in [5.74, 6) is 0.506. The summed E-state index contributed by atoms with van der Waals surface area (Å²) in [7, 11) is -0.663. The maximum absolute atomic E-state index is 12.4. The van der Waals surface area contributed by atoms with Gasteiger partial charge >= 0.3 is 0 Å². The van der Waals surface area contributed by atoms with E-state index in [9.17, 15) is 13.2 Å². The number of carbonyl (C=O) groups excluding carboxylic acids is 1. The van der Waals surface area contributed by atoms with Crippen LogP contribution in [-0.2, 0) is 14.8 Å². The molecule has 1 atom stereocenters. The number of para-hydroxylation sites is 1. The third kappa shape index (κ3) is 4.66. The summed E-state index contributed by atoms with van der Waals surface area (Å²) in [4.78, 5) is 11.4. The first-order valence-corrected chi connectivity index (χ1v) is 9.13. The number of carbonyl (C=O) groups is 1. The first-order chi connectivity index (χ1) is 11.9. The number of benzene rings is 2. The van der Waals surface area contributed by atoms with Gasteiger partial charge in [0.15, 0.2) is 5.78 Å². The van der Waals surface area contributed by atoms with Gasteiger partial charge in [0, 0.05) is 24.8 Å². The molecule has 2 aromatic rings. The largest absolute Gasteiger partial charge is 0.496 e. The van der Waals surface area contributed by atoms with Gasteiger partial charge in [-0.1, -0.05) is 30.3 Å². The van der Waals surface area contributed by atoms with E-state index in [0.717, 1.165) is 5.56 Å². The Morgan fingerprint density at radius 3 is 2.28 bits per heavy atom. The van der Waals surface area contributed by atoms with Gasteiger partial charge in [-0.2, -0.15) is 0 Å². The molecule has 0 amide bonds. The number of methoxy groups -OCH3 is 2. The Hall–Kier alpha value is -2.22. The van der Waals surface area contributed by atoms with Crippen molar-refractivity contribution in [1.82, 2.24) is 4.72 Å². The lowest BCUT2D eigenvalue weighted by molar-refractivity contribution is 0.101. The Bertz CT molecular complexity index is 831. The molecule has 2 aromatic carbocycles. The molecular formula is C18H21NO5S. The van der Waals surface area contributed by atoms with Crippen molar-refractivity contribution in [2.24, 2.45) is 0 Å². The molecule has 25 heavy (non-hydrogen) atoms. The number of rotatable bonds is 8. The van der Waals surface area contributed by atoms with E-state index < -0.39 is 16.1 Å². The second-order valence-electron chi connectivity index (χ2n) is 5.40. The Morgan fingerprint density at radius 2 is 1.72 bits per heavy atom. The second kappa shape index (κ2) is 8.24. The number of hydrogen-bond donors (Lipinski definition) is 1. The van der Waals surface area contributed by atoms with Crippen molar-refractivity contribution in [1.29, 1.82) is 0 Å². The highest BCUT2D eigenvalue weighted by molar-refractivity contribution is 7.89. The van der Waals surface area contributed by atoms with E-state index in [1.54, 1.807) is 13.2 Å². The predicted octanol–water partition coefficient (Wildman–Crippen LogP) is 2.56. The fraction of sp³-hybridized carbons (Fsp3) is 0.278. The number of sulfonamides is 1. The van der Waals surface area contributed by atoms with Crippen LogP contribution in [0.25, 0.3) is 0 Å². The van der Waals surface area contributed by atoms with Crippen LogP contribution in [0.5, 0.6) is 5.75 Å². The molecule has 0 aliphatic rings. The number of hydrogen-bond acceptors (Lipinski definition) is 5. The van der Waals surface area contributed by atoms with Crippen LogP contribution < -0.4 is 9.46 Å². The van der Waals surface area contributed by atoms with Crippen LogP contribution in [0.15, 0.2) is 53.4 Å². The summed E-state index contributed by atoms with van der Waals surface area (Å²) in [6.45, 7) is 1.48. The van der Waals surface area contributed by atoms with Gasteiger partial charge in [0.1, 0.15) is 5.75 Å². The number of ether oxygens (including phenoxy) is 2. The van der Waals surface area contributed by atoms with Crippen molar-refractivity contribution in [2.75, 3.05) is 20.8 Å². The van der Waals surface area contributed by atoms with Crippen molar-refractivity contribution in [2.45, 2.75) is 17.9 Å². The van der Waals surface area contributed by atoms with E-state index in [2.05, 4.69) is 4.72 Å². The summed E-state index contributed by atoms with van der Waals surface area (Å²) in [6.07, 6.45) is -0.498. The maximum atomic E-state index is 12.4. The van der Waals surface area contributed by atoms with Gasteiger partial charge in [-0.15, -0.1) is 0 Å². The zero-order valence-corrected chi connectivity index (χ0v) is 15.2. The summed E-state index contributed by atoms with van der Waals surface area (Å²) in [5, 5.41) is 0. The van der Waals surface area contributed by atoms with Crippen LogP contribution in [0.2, 0.25) is 0 Å². The molecule has 0 saturated heterocycles. The Kier molecular flexibility index (Phi) is 6.30. The zero-order valence-electron chi connectivity index (χ0n) is 14.4. The zero-order chi connectivity index (χ0) is 18.4. The van der Waals surface area contributed by atoms with Gasteiger partial charge in [0.25, 0.3) is 0 Å². The van der Waals surface area contributed by atoms with Gasteiger partial charge in [0.05, 0.1) is 18.1 Å². The molecule has 0 aliphatic carbocycles. The number of nitrogens with one attached hydrogen (secondary N) is 1. The fourth-order valence-electron chi connectivity index (χ4n) is 2.39. The first kappa shape index (κ1) is 19.1. The number of ketones is 1.